The highest BCUT2D eigenvalue weighted by atomic mass is 15.1. The molecule has 0 aromatic heterocycles. The summed E-state index contributed by atoms with van der Waals surface area (Å²) in [6.45, 7) is 5.37. The van der Waals surface area contributed by atoms with Crippen molar-refractivity contribution in [2.75, 3.05) is 6.54 Å². The van der Waals surface area contributed by atoms with Gasteiger partial charge < -0.3 is 5.32 Å². The zero-order valence-corrected chi connectivity index (χ0v) is 6.85. The molecule has 1 unspecified atom stereocenters. The average molecular weight is 140 g/mol. The van der Waals surface area contributed by atoms with Gasteiger partial charge in [-0.2, -0.15) is 0 Å². The Morgan fingerprint density at radius 1 is 1.60 bits per heavy atom. The molecule has 0 saturated heterocycles. The highest BCUT2D eigenvalue weighted by molar-refractivity contribution is 5.83. The number of nitrogens with one attached hydrogen (secondary N) is 1. The fraction of sp³-hybridized carbons (Fsp3) is 0.875. The van der Waals surface area contributed by atoms with Gasteiger partial charge in [-0.25, -0.2) is 0 Å². The molecule has 1 atom stereocenters. The van der Waals surface area contributed by atoms with Crippen molar-refractivity contribution in [3.63, 3.8) is 0 Å². The Morgan fingerprint density at radius 3 is 2.90 bits per heavy atom. The topological polar surface area (TPSA) is 24.4 Å². The third-order valence-corrected chi connectivity index (χ3v) is 1.85. The Bertz CT molecular complexity index is 129. The second kappa shape index (κ2) is 3.59. The highest BCUT2D eigenvalue weighted by Gasteiger charge is 2.13. The molecular formula is C8H16N2. The SMILES string of the molecule is CCCC1=NCC(CC)N1. The van der Waals surface area contributed by atoms with Crippen molar-refractivity contribution in [1.29, 1.82) is 0 Å². The minimum Gasteiger partial charge on any atom is -0.369 e. The van der Waals surface area contributed by atoms with E-state index in [1.165, 1.54) is 18.7 Å². The molecule has 0 aromatic carbocycles. The fourth-order valence-corrected chi connectivity index (χ4v) is 1.17. The van der Waals surface area contributed by atoms with Gasteiger partial charge in [0.25, 0.3) is 0 Å². The van der Waals surface area contributed by atoms with Gasteiger partial charge in [0.15, 0.2) is 0 Å². The van der Waals surface area contributed by atoms with Crippen LogP contribution in [0.5, 0.6) is 0 Å². The molecule has 10 heavy (non-hydrogen) atoms. The van der Waals surface area contributed by atoms with E-state index in [0.717, 1.165) is 13.0 Å². The van der Waals surface area contributed by atoms with Crippen LogP contribution < -0.4 is 5.32 Å². The van der Waals surface area contributed by atoms with Gasteiger partial charge in [-0.3, -0.25) is 4.99 Å². The molecule has 1 aliphatic rings. The van der Waals surface area contributed by atoms with Crippen molar-refractivity contribution in [3.05, 3.63) is 0 Å². The van der Waals surface area contributed by atoms with Gasteiger partial charge in [0.2, 0.25) is 0 Å². The third kappa shape index (κ3) is 1.72. The van der Waals surface area contributed by atoms with E-state index in [1.54, 1.807) is 0 Å². The number of hydrogen-bond acceptors (Lipinski definition) is 2. The lowest BCUT2D eigenvalue weighted by molar-refractivity contribution is 0.632. The van der Waals surface area contributed by atoms with Crippen LogP contribution in [0.1, 0.15) is 33.1 Å². The van der Waals surface area contributed by atoms with Crippen LogP contribution in [-0.2, 0) is 0 Å². The molecule has 0 bridgehead atoms. The van der Waals surface area contributed by atoms with Crippen LogP contribution in [0.4, 0.5) is 0 Å². The first-order valence-electron chi connectivity index (χ1n) is 4.16. The Kier molecular flexibility index (Phi) is 2.72. The molecule has 1 N–H and O–H groups in total. The van der Waals surface area contributed by atoms with E-state index < -0.39 is 0 Å². The third-order valence-electron chi connectivity index (χ3n) is 1.85. The van der Waals surface area contributed by atoms with Crippen LogP contribution in [0.2, 0.25) is 0 Å². The monoisotopic (exact) mass is 140 g/mol. The standard InChI is InChI=1S/C8H16N2/c1-3-5-8-9-6-7(4-2)10-8/h7H,3-6H2,1-2H3,(H,9,10). The number of amidine groups is 1. The smallest absolute Gasteiger partial charge is 0.0966 e. The number of hydrogen-bond donors (Lipinski definition) is 1. The van der Waals surface area contributed by atoms with Crippen molar-refractivity contribution >= 4 is 5.84 Å². The molecule has 0 amide bonds. The minimum atomic E-state index is 0.626. The summed E-state index contributed by atoms with van der Waals surface area (Å²) in [6, 6.07) is 0.626. The Labute approximate surface area is 62.7 Å². The van der Waals surface area contributed by atoms with Gasteiger partial charge in [0.05, 0.1) is 12.4 Å². The molecular weight excluding hydrogens is 124 g/mol. The van der Waals surface area contributed by atoms with E-state index in [2.05, 4.69) is 24.2 Å². The second-order valence-corrected chi connectivity index (χ2v) is 2.79. The number of aliphatic imine (C=N–C) groups is 1. The zero-order chi connectivity index (χ0) is 7.40. The zero-order valence-electron chi connectivity index (χ0n) is 6.85. The summed E-state index contributed by atoms with van der Waals surface area (Å²) in [4.78, 5) is 4.38. The highest BCUT2D eigenvalue weighted by Crippen LogP contribution is 2.03. The van der Waals surface area contributed by atoms with Gasteiger partial charge >= 0.3 is 0 Å². The normalized spacial score (nSPS) is 24.2. The van der Waals surface area contributed by atoms with E-state index in [4.69, 9.17) is 0 Å². The minimum absolute atomic E-state index is 0.626. The van der Waals surface area contributed by atoms with E-state index in [0.29, 0.717) is 6.04 Å². The summed E-state index contributed by atoms with van der Waals surface area (Å²) < 4.78 is 0. The van der Waals surface area contributed by atoms with Gasteiger partial charge in [-0.05, 0) is 12.8 Å². The molecule has 0 aliphatic carbocycles. The lowest BCUT2D eigenvalue weighted by atomic mass is 10.2. The van der Waals surface area contributed by atoms with Crippen LogP contribution in [0.3, 0.4) is 0 Å². The summed E-state index contributed by atoms with van der Waals surface area (Å²) in [6.07, 6.45) is 3.51. The van der Waals surface area contributed by atoms with E-state index in [9.17, 15) is 0 Å². The van der Waals surface area contributed by atoms with Crippen molar-refractivity contribution in [2.24, 2.45) is 4.99 Å². The summed E-state index contributed by atoms with van der Waals surface area (Å²) >= 11 is 0. The molecule has 0 aromatic rings. The maximum atomic E-state index is 4.38. The Balaban J connectivity index is 2.25. The molecule has 0 fully saturated rings. The van der Waals surface area contributed by atoms with Crippen LogP contribution in [0.15, 0.2) is 4.99 Å². The van der Waals surface area contributed by atoms with Crippen molar-refractivity contribution in [3.8, 4) is 0 Å². The Morgan fingerprint density at radius 2 is 2.40 bits per heavy atom. The molecule has 1 aliphatic heterocycles. The Hall–Kier alpha value is -0.530. The van der Waals surface area contributed by atoms with Crippen molar-refractivity contribution in [2.45, 2.75) is 39.2 Å². The average Bonchev–Trinajstić information content (AvgIpc) is 2.37. The first-order valence-corrected chi connectivity index (χ1v) is 4.16. The van der Waals surface area contributed by atoms with Gasteiger partial charge in [-0.1, -0.05) is 13.8 Å². The number of rotatable bonds is 3. The quantitative estimate of drug-likeness (QED) is 0.632. The molecule has 0 saturated carbocycles. The lowest BCUT2D eigenvalue weighted by Crippen LogP contribution is -2.29. The van der Waals surface area contributed by atoms with Crippen LogP contribution in [-0.4, -0.2) is 18.4 Å². The molecule has 58 valence electrons. The van der Waals surface area contributed by atoms with Crippen LogP contribution in [0, 0.1) is 0 Å². The van der Waals surface area contributed by atoms with Gasteiger partial charge in [-0.15, -0.1) is 0 Å². The molecule has 2 nitrogen and oxygen atoms in total. The maximum Gasteiger partial charge on any atom is 0.0966 e. The predicted molar refractivity (Wildman–Crippen MR) is 44.4 cm³/mol. The largest absolute Gasteiger partial charge is 0.369 e. The predicted octanol–water partition coefficient (Wildman–Crippen LogP) is 1.57. The molecule has 1 rings (SSSR count). The van der Waals surface area contributed by atoms with E-state index >= 15 is 0 Å². The van der Waals surface area contributed by atoms with Crippen LogP contribution in [0.25, 0.3) is 0 Å². The van der Waals surface area contributed by atoms with E-state index in [-0.39, 0.29) is 0 Å². The van der Waals surface area contributed by atoms with E-state index in [1.807, 2.05) is 0 Å². The molecule has 0 radical (unpaired) electrons. The fourth-order valence-electron chi connectivity index (χ4n) is 1.17. The summed E-state index contributed by atoms with van der Waals surface area (Å²) in [5.41, 5.74) is 0. The summed E-state index contributed by atoms with van der Waals surface area (Å²) in [5.74, 6) is 1.22. The van der Waals surface area contributed by atoms with Gasteiger partial charge in [0, 0.05) is 12.5 Å². The summed E-state index contributed by atoms with van der Waals surface area (Å²) in [7, 11) is 0. The van der Waals surface area contributed by atoms with Crippen LogP contribution >= 0.6 is 0 Å². The molecule has 1 heterocycles. The maximum absolute atomic E-state index is 4.38. The first kappa shape index (κ1) is 7.58. The van der Waals surface area contributed by atoms with Gasteiger partial charge in [0.1, 0.15) is 0 Å². The second-order valence-electron chi connectivity index (χ2n) is 2.79. The molecule has 0 spiro atoms. The number of nitrogens with zero attached hydrogens (tertiary/aromatic N) is 1. The lowest BCUT2D eigenvalue weighted by Gasteiger charge is -2.07. The first-order chi connectivity index (χ1) is 4.86. The van der Waals surface area contributed by atoms with Crippen molar-refractivity contribution < 1.29 is 0 Å². The van der Waals surface area contributed by atoms with Crippen molar-refractivity contribution in [1.82, 2.24) is 5.32 Å². The summed E-state index contributed by atoms with van der Waals surface area (Å²) in [5, 5.41) is 3.39. The molecule has 2 heteroatoms.